The Morgan fingerprint density at radius 3 is 2.86 bits per heavy atom. The summed E-state index contributed by atoms with van der Waals surface area (Å²) in [7, 11) is 0. The highest BCUT2D eigenvalue weighted by Crippen LogP contribution is 2.22. The highest BCUT2D eigenvalue weighted by atomic mass is 16.5. The molecule has 0 aromatic heterocycles. The minimum atomic E-state index is -0.316. The van der Waals surface area contributed by atoms with Crippen LogP contribution >= 0.6 is 0 Å². The van der Waals surface area contributed by atoms with Gasteiger partial charge in [-0.3, -0.25) is 9.69 Å². The maximum atomic E-state index is 12.7. The number of carbonyl (C=O) groups is 1. The van der Waals surface area contributed by atoms with Crippen LogP contribution in [0.5, 0.6) is 0 Å². The number of hydrogen-bond donors (Lipinski definition) is 1. The van der Waals surface area contributed by atoms with Gasteiger partial charge in [-0.25, -0.2) is 0 Å². The zero-order valence-electron chi connectivity index (χ0n) is 13.3. The summed E-state index contributed by atoms with van der Waals surface area (Å²) in [6, 6.07) is 0. The topological polar surface area (TPSA) is 44.8 Å². The number of hydrogen-bond acceptors (Lipinski definition) is 4. The Labute approximate surface area is 128 Å². The number of nitrogens with one attached hydrogen (secondary N) is 1. The molecule has 3 aliphatic heterocycles. The van der Waals surface area contributed by atoms with Crippen molar-refractivity contribution in [2.75, 3.05) is 45.9 Å². The van der Waals surface area contributed by atoms with E-state index >= 15 is 0 Å². The summed E-state index contributed by atoms with van der Waals surface area (Å²) in [5, 5.41) is 3.40. The Balaban J connectivity index is 1.51. The van der Waals surface area contributed by atoms with Gasteiger partial charge >= 0.3 is 0 Å². The first-order valence-electron chi connectivity index (χ1n) is 8.56. The summed E-state index contributed by atoms with van der Waals surface area (Å²) in [6.07, 6.45) is 5.98. The summed E-state index contributed by atoms with van der Waals surface area (Å²) >= 11 is 0. The van der Waals surface area contributed by atoms with Gasteiger partial charge in [0.05, 0.1) is 11.6 Å². The molecule has 0 aromatic rings. The van der Waals surface area contributed by atoms with Gasteiger partial charge in [0.2, 0.25) is 5.91 Å². The Morgan fingerprint density at radius 1 is 1.24 bits per heavy atom. The van der Waals surface area contributed by atoms with Crippen LogP contribution in [0.3, 0.4) is 0 Å². The average molecular weight is 295 g/mol. The standard InChI is InChI=1S/C16H29N3O2/c1-16(6-3-7-17-16)15(20)19-9-4-8-18(10-11-19)13-14-5-2-12-21-14/h14,17H,2-13H2,1H3. The fourth-order valence-electron chi connectivity index (χ4n) is 3.86. The van der Waals surface area contributed by atoms with Crippen molar-refractivity contribution in [3.8, 4) is 0 Å². The lowest BCUT2D eigenvalue weighted by atomic mass is 9.98. The van der Waals surface area contributed by atoms with E-state index in [9.17, 15) is 4.79 Å². The minimum Gasteiger partial charge on any atom is -0.377 e. The molecule has 3 heterocycles. The van der Waals surface area contributed by atoms with Gasteiger partial charge in [-0.1, -0.05) is 0 Å². The molecule has 1 amide bonds. The Bertz CT molecular complexity index is 363. The molecular weight excluding hydrogens is 266 g/mol. The van der Waals surface area contributed by atoms with Crippen LogP contribution in [0.15, 0.2) is 0 Å². The van der Waals surface area contributed by atoms with E-state index in [1.165, 1.54) is 12.8 Å². The molecule has 0 bridgehead atoms. The molecule has 2 unspecified atom stereocenters. The molecule has 2 atom stereocenters. The molecule has 5 nitrogen and oxygen atoms in total. The van der Waals surface area contributed by atoms with Crippen molar-refractivity contribution >= 4 is 5.91 Å². The normalized spacial score (nSPS) is 35.1. The lowest BCUT2D eigenvalue weighted by Gasteiger charge is -2.31. The average Bonchev–Trinajstić information content (AvgIpc) is 3.08. The SMILES string of the molecule is CC1(C(=O)N2CCCN(CC3CCCO3)CC2)CCCN1. The molecule has 0 aliphatic carbocycles. The zero-order valence-corrected chi connectivity index (χ0v) is 13.3. The maximum Gasteiger partial charge on any atom is 0.242 e. The third-order valence-corrected chi connectivity index (χ3v) is 5.20. The first kappa shape index (κ1) is 15.3. The summed E-state index contributed by atoms with van der Waals surface area (Å²) in [4.78, 5) is 17.3. The molecule has 0 aromatic carbocycles. The molecule has 0 radical (unpaired) electrons. The molecule has 3 saturated heterocycles. The molecule has 21 heavy (non-hydrogen) atoms. The van der Waals surface area contributed by atoms with E-state index in [4.69, 9.17) is 4.74 Å². The monoisotopic (exact) mass is 295 g/mol. The zero-order chi connectivity index (χ0) is 14.7. The molecule has 1 N–H and O–H groups in total. The van der Waals surface area contributed by atoms with E-state index in [0.717, 1.165) is 65.1 Å². The highest BCUT2D eigenvalue weighted by molar-refractivity contribution is 5.86. The van der Waals surface area contributed by atoms with E-state index in [2.05, 4.69) is 22.0 Å². The van der Waals surface area contributed by atoms with Crippen LogP contribution in [0, 0.1) is 0 Å². The molecule has 120 valence electrons. The van der Waals surface area contributed by atoms with Crippen molar-refractivity contribution in [2.45, 2.75) is 50.7 Å². The largest absolute Gasteiger partial charge is 0.377 e. The van der Waals surface area contributed by atoms with Crippen molar-refractivity contribution in [2.24, 2.45) is 0 Å². The Hall–Kier alpha value is -0.650. The second kappa shape index (κ2) is 6.63. The number of amides is 1. The molecule has 3 fully saturated rings. The molecule has 5 heteroatoms. The predicted molar refractivity (Wildman–Crippen MR) is 82.3 cm³/mol. The Morgan fingerprint density at radius 2 is 2.14 bits per heavy atom. The number of ether oxygens (including phenoxy) is 1. The lowest BCUT2D eigenvalue weighted by Crippen LogP contribution is -2.53. The first-order chi connectivity index (χ1) is 10.2. The first-order valence-corrected chi connectivity index (χ1v) is 8.56. The molecular formula is C16H29N3O2. The van der Waals surface area contributed by atoms with Crippen molar-refractivity contribution in [3.05, 3.63) is 0 Å². The molecule has 3 aliphatic rings. The van der Waals surface area contributed by atoms with Crippen LogP contribution in [0.1, 0.15) is 39.0 Å². The van der Waals surface area contributed by atoms with Crippen LogP contribution in [0.25, 0.3) is 0 Å². The highest BCUT2D eigenvalue weighted by Gasteiger charge is 2.39. The number of carbonyl (C=O) groups excluding carboxylic acids is 1. The molecule has 0 spiro atoms. The van der Waals surface area contributed by atoms with Gasteiger partial charge in [0.25, 0.3) is 0 Å². The second-order valence-electron chi connectivity index (χ2n) is 6.94. The van der Waals surface area contributed by atoms with Crippen molar-refractivity contribution < 1.29 is 9.53 Å². The van der Waals surface area contributed by atoms with E-state index in [0.29, 0.717) is 12.0 Å². The van der Waals surface area contributed by atoms with Crippen molar-refractivity contribution in [3.63, 3.8) is 0 Å². The predicted octanol–water partition coefficient (Wildman–Crippen LogP) is 0.842. The summed E-state index contributed by atoms with van der Waals surface area (Å²) in [5.41, 5.74) is -0.316. The van der Waals surface area contributed by atoms with E-state index in [1.807, 2.05) is 0 Å². The number of nitrogens with zero attached hydrogens (tertiary/aromatic N) is 2. The minimum absolute atomic E-state index is 0.305. The lowest BCUT2D eigenvalue weighted by molar-refractivity contribution is -0.137. The van der Waals surface area contributed by atoms with Crippen molar-refractivity contribution in [1.82, 2.24) is 15.1 Å². The van der Waals surface area contributed by atoms with Crippen molar-refractivity contribution in [1.29, 1.82) is 0 Å². The summed E-state index contributed by atoms with van der Waals surface area (Å²) in [5.74, 6) is 0.305. The third kappa shape index (κ3) is 3.58. The van der Waals surface area contributed by atoms with Gasteiger partial charge in [-0.15, -0.1) is 0 Å². The van der Waals surface area contributed by atoms with Crippen LogP contribution < -0.4 is 5.32 Å². The van der Waals surface area contributed by atoms with E-state index in [1.54, 1.807) is 0 Å². The fourth-order valence-corrected chi connectivity index (χ4v) is 3.86. The Kier molecular flexibility index (Phi) is 4.82. The third-order valence-electron chi connectivity index (χ3n) is 5.20. The fraction of sp³-hybridized carbons (Fsp3) is 0.938. The van der Waals surface area contributed by atoms with Crippen LogP contribution in [-0.2, 0) is 9.53 Å². The van der Waals surface area contributed by atoms with Gasteiger partial charge in [-0.2, -0.15) is 0 Å². The molecule has 3 rings (SSSR count). The van der Waals surface area contributed by atoms with Crippen LogP contribution in [0.2, 0.25) is 0 Å². The van der Waals surface area contributed by atoms with Gasteiger partial charge in [0.15, 0.2) is 0 Å². The summed E-state index contributed by atoms with van der Waals surface area (Å²) < 4.78 is 5.74. The quantitative estimate of drug-likeness (QED) is 0.838. The van der Waals surface area contributed by atoms with Gasteiger partial charge < -0.3 is 15.0 Å². The molecule has 0 saturated carbocycles. The summed E-state index contributed by atoms with van der Waals surface area (Å²) in [6.45, 7) is 8.85. The number of rotatable bonds is 3. The van der Waals surface area contributed by atoms with Gasteiger partial charge in [0, 0.05) is 32.8 Å². The smallest absolute Gasteiger partial charge is 0.242 e. The van der Waals surface area contributed by atoms with Crippen LogP contribution in [-0.4, -0.2) is 73.2 Å². The van der Waals surface area contributed by atoms with E-state index < -0.39 is 0 Å². The van der Waals surface area contributed by atoms with Gasteiger partial charge in [0.1, 0.15) is 0 Å². The second-order valence-corrected chi connectivity index (χ2v) is 6.94. The van der Waals surface area contributed by atoms with Gasteiger partial charge in [-0.05, 0) is 52.1 Å². The van der Waals surface area contributed by atoms with E-state index in [-0.39, 0.29) is 5.54 Å². The maximum absolute atomic E-state index is 12.7. The van der Waals surface area contributed by atoms with Crippen LogP contribution in [0.4, 0.5) is 0 Å².